The predicted octanol–water partition coefficient (Wildman–Crippen LogP) is 0.491. The van der Waals surface area contributed by atoms with E-state index in [0.717, 1.165) is 0 Å². The van der Waals surface area contributed by atoms with E-state index in [1.165, 1.54) is 0 Å². The first-order chi connectivity index (χ1) is 7.75. The number of ether oxygens (including phenoxy) is 1. The van der Waals surface area contributed by atoms with E-state index < -0.39 is 5.54 Å². The molecule has 98 valence electrons. The van der Waals surface area contributed by atoms with Crippen LogP contribution in [0.3, 0.4) is 0 Å². The Balaban J connectivity index is 2.65. The molecule has 0 radical (unpaired) electrons. The van der Waals surface area contributed by atoms with Gasteiger partial charge in [0.15, 0.2) is 0 Å². The molecule has 0 saturated carbocycles. The van der Waals surface area contributed by atoms with Crippen molar-refractivity contribution in [1.29, 1.82) is 0 Å². The number of rotatable bonds is 3. The Bertz CT molecular complexity index is 313. The summed E-state index contributed by atoms with van der Waals surface area (Å²) in [4.78, 5) is 27.2. The number of likely N-dealkylation sites (N-methyl/N-ethyl adjacent to an activating group) is 1. The lowest BCUT2D eigenvalue weighted by molar-refractivity contribution is -0.156. The molecule has 0 aromatic carbocycles. The molecule has 1 rings (SSSR count). The quantitative estimate of drug-likeness (QED) is 0.676. The molecule has 1 amide bonds. The van der Waals surface area contributed by atoms with Crippen LogP contribution in [0, 0.1) is 0 Å². The fraction of sp³-hybridized carbons (Fsp3) is 0.833. The van der Waals surface area contributed by atoms with E-state index in [0.29, 0.717) is 13.1 Å². The van der Waals surface area contributed by atoms with Crippen LogP contribution >= 0.6 is 0 Å². The average Bonchev–Trinajstić information content (AvgIpc) is 2.19. The van der Waals surface area contributed by atoms with Gasteiger partial charge in [-0.1, -0.05) is 0 Å². The molecule has 0 aliphatic carbocycles. The monoisotopic (exact) mass is 242 g/mol. The van der Waals surface area contributed by atoms with Crippen LogP contribution in [0.2, 0.25) is 0 Å². The van der Waals surface area contributed by atoms with Gasteiger partial charge in [0.25, 0.3) is 0 Å². The predicted molar refractivity (Wildman–Crippen MR) is 64.5 cm³/mol. The van der Waals surface area contributed by atoms with Gasteiger partial charge in [-0.05, 0) is 27.7 Å². The maximum Gasteiger partial charge on any atom is 0.320 e. The van der Waals surface area contributed by atoms with Crippen molar-refractivity contribution in [2.45, 2.75) is 39.3 Å². The summed E-state index contributed by atoms with van der Waals surface area (Å²) in [5.41, 5.74) is -0.636. The Morgan fingerprint density at radius 3 is 2.53 bits per heavy atom. The molecular weight excluding hydrogens is 220 g/mol. The molecule has 0 unspecified atom stereocenters. The van der Waals surface area contributed by atoms with Gasteiger partial charge in [-0.3, -0.25) is 14.5 Å². The summed E-state index contributed by atoms with van der Waals surface area (Å²) >= 11 is 0. The minimum Gasteiger partial charge on any atom is -0.462 e. The van der Waals surface area contributed by atoms with Crippen LogP contribution in [-0.2, 0) is 14.3 Å². The average molecular weight is 242 g/mol. The van der Waals surface area contributed by atoms with Crippen LogP contribution in [0.25, 0.3) is 0 Å². The lowest BCUT2D eigenvalue weighted by Gasteiger charge is -2.44. The van der Waals surface area contributed by atoms with Crippen molar-refractivity contribution in [2.24, 2.45) is 0 Å². The Kier molecular flexibility index (Phi) is 4.14. The van der Waals surface area contributed by atoms with E-state index in [9.17, 15) is 9.59 Å². The highest BCUT2D eigenvalue weighted by molar-refractivity contribution is 5.86. The molecule has 1 fully saturated rings. The molecule has 1 saturated heterocycles. The van der Waals surface area contributed by atoms with Crippen molar-refractivity contribution in [3.05, 3.63) is 0 Å². The van der Waals surface area contributed by atoms with Crippen molar-refractivity contribution in [1.82, 2.24) is 9.80 Å². The van der Waals surface area contributed by atoms with E-state index in [4.69, 9.17) is 4.74 Å². The second-order valence-corrected chi connectivity index (χ2v) is 5.25. The minimum absolute atomic E-state index is 0.0427. The Hall–Kier alpha value is -1.10. The molecule has 5 heteroatoms. The van der Waals surface area contributed by atoms with Crippen LogP contribution in [-0.4, -0.2) is 60.0 Å². The van der Waals surface area contributed by atoms with E-state index in [1.807, 2.05) is 32.6 Å². The summed E-state index contributed by atoms with van der Waals surface area (Å²) < 4.78 is 5.10. The summed E-state index contributed by atoms with van der Waals surface area (Å²) in [6.07, 6.45) is -0.117. The van der Waals surface area contributed by atoms with Crippen molar-refractivity contribution < 1.29 is 14.3 Å². The van der Waals surface area contributed by atoms with Crippen LogP contribution in [0.1, 0.15) is 27.7 Å². The largest absolute Gasteiger partial charge is 0.462 e. The first-order valence-electron chi connectivity index (χ1n) is 5.95. The van der Waals surface area contributed by atoms with Gasteiger partial charge in [0.1, 0.15) is 0 Å². The Morgan fingerprint density at radius 1 is 1.41 bits per heavy atom. The minimum atomic E-state index is -0.636. The number of nitrogens with zero attached hydrogens (tertiary/aromatic N) is 2. The first kappa shape index (κ1) is 14.0. The molecular formula is C12H22N2O3. The number of carbonyl (C=O) groups excluding carboxylic acids is 2. The fourth-order valence-corrected chi connectivity index (χ4v) is 1.99. The van der Waals surface area contributed by atoms with Crippen LogP contribution < -0.4 is 0 Å². The van der Waals surface area contributed by atoms with Crippen LogP contribution in [0.4, 0.5) is 0 Å². The highest BCUT2D eigenvalue weighted by Crippen LogP contribution is 2.21. The van der Waals surface area contributed by atoms with E-state index in [-0.39, 0.29) is 24.5 Å². The lowest BCUT2D eigenvalue weighted by Crippen LogP contribution is -2.63. The summed E-state index contributed by atoms with van der Waals surface area (Å²) in [5, 5.41) is 0. The van der Waals surface area contributed by atoms with Gasteiger partial charge in [-0.2, -0.15) is 0 Å². The standard InChI is InChI=1S/C12H22N2O3/c1-9(2)17-10(15)8-14-7-6-13(5)11(16)12(14,3)4/h9H,6-8H2,1-5H3. The zero-order valence-corrected chi connectivity index (χ0v) is 11.3. The molecule has 0 aromatic heterocycles. The maximum atomic E-state index is 12.0. The molecule has 1 aliphatic heterocycles. The summed E-state index contributed by atoms with van der Waals surface area (Å²) in [6.45, 7) is 8.84. The number of esters is 1. The Labute approximate surface area is 103 Å². The summed E-state index contributed by atoms with van der Waals surface area (Å²) in [5.74, 6) is -0.230. The van der Waals surface area contributed by atoms with Gasteiger partial charge in [-0.15, -0.1) is 0 Å². The normalized spacial score (nSPS) is 20.8. The number of hydrogen-bond donors (Lipinski definition) is 0. The van der Waals surface area contributed by atoms with Crippen molar-refractivity contribution in [3.63, 3.8) is 0 Å². The third-order valence-corrected chi connectivity index (χ3v) is 3.05. The van der Waals surface area contributed by atoms with Gasteiger partial charge in [0.2, 0.25) is 5.91 Å². The second-order valence-electron chi connectivity index (χ2n) is 5.25. The maximum absolute atomic E-state index is 12.0. The molecule has 5 nitrogen and oxygen atoms in total. The third-order valence-electron chi connectivity index (χ3n) is 3.05. The smallest absolute Gasteiger partial charge is 0.320 e. The molecule has 1 heterocycles. The van der Waals surface area contributed by atoms with Crippen LogP contribution in [0.15, 0.2) is 0 Å². The second kappa shape index (κ2) is 5.04. The van der Waals surface area contributed by atoms with E-state index in [2.05, 4.69) is 0 Å². The molecule has 0 atom stereocenters. The highest BCUT2D eigenvalue weighted by atomic mass is 16.5. The summed E-state index contributed by atoms with van der Waals surface area (Å²) in [6, 6.07) is 0. The third kappa shape index (κ3) is 3.19. The van der Waals surface area contributed by atoms with Crippen molar-refractivity contribution in [3.8, 4) is 0 Å². The first-order valence-corrected chi connectivity index (χ1v) is 5.95. The number of amides is 1. The van der Waals surface area contributed by atoms with Gasteiger partial charge >= 0.3 is 5.97 Å². The zero-order valence-electron chi connectivity index (χ0n) is 11.3. The van der Waals surface area contributed by atoms with E-state index >= 15 is 0 Å². The SMILES string of the molecule is CC(C)OC(=O)CN1CCN(C)C(=O)C1(C)C. The highest BCUT2D eigenvalue weighted by Gasteiger charge is 2.41. The van der Waals surface area contributed by atoms with Crippen molar-refractivity contribution >= 4 is 11.9 Å². The van der Waals surface area contributed by atoms with Crippen molar-refractivity contribution in [2.75, 3.05) is 26.7 Å². The number of piperazine rings is 1. The lowest BCUT2D eigenvalue weighted by atomic mass is 9.98. The molecule has 17 heavy (non-hydrogen) atoms. The van der Waals surface area contributed by atoms with Gasteiger partial charge in [0, 0.05) is 20.1 Å². The Morgan fingerprint density at radius 2 is 2.00 bits per heavy atom. The molecule has 1 aliphatic rings. The van der Waals surface area contributed by atoms with Crippen LogP contribution in [0.5, 0.6) is 0 Å². The van der Waals surface area contributed by atoms with Gasteiger partial charge in [-0.25, -0.2) is 0 Å². The van der Waals surface area contributed by atoms with Gasteiger partial charge in [0.05, 0.1) is 18.2 Å². The molecule has 0 spiro atoms. The molecule has 0 aromatic rings. The van der Waals surface area contributed by atoms with E-state index in [1.54, 1.807) is 11.9 Å². The topological polar surface area (TPSA) is 49.9 Å². The summed E-state index contributed by atoms with van der Waals surface area (Å²) in [7, 11) is 1.79. The molecule has 0 bridgehead atoms. The molecule has 0 N–H and O–H groups in total. The van der Waals surface area contributed by atoms with Gasteiger partial charge < -0.3 is 9.64 Å². The fourth-order valence-electron chi connectivity index (χ4n) is 1.99. The number of carbonyl (C=O) groups is 2. The number of hydrogen-bond acceptors (Lipinski definition) is 4. The zero-order chi connectivity index (χ0) is 13.2.